The zero-order chi connectivity index (χ0) is 26.5. The maximum Gasteiger partial charge on any atom is 0.243 e. The van der Waals surface area contributed by atoms with Crippen LogP contribution in [-0.2, 0) is 22.4 Å². The van der Waals surface area contributed by atoms with Crippen molar-refractivity contribution < 1.29 is 9.59 Å². The van der Waals surface area contributed by atoms with Gasteiger partial charge in [0.15, 0.2) is 0 Å². The molecule has 194 valence electrons. The molecule has 2 rings (SSSR count). The predicted molar refractivity (Wildman–Crippen MR) is 148 cm³/mol. The van der Waals surface area contributed by atoms with Crippen molar-refractivity contribution >= 4 is 17.5 Å². The fourth-order valence-corrected chi connectivity index (χ4v) is 4.19. The molecule has 0 fully saturated rings. The molecule has 0 aromatic heterocycles. The quantitative estimate of drug-likeness (QED) is 0.239. The molecule has 0 radical (unpaired) electrons. The number of carbonyl (C=O) groups is 2. The number of hydrogen-bond acceptors (Lipinski definition) is 5. The Bertz CT molecular complexity index is 1030. The van der Waals surface area contributed by atoms with Crippen LogP contribution in [0.2, 0.25) is 0 Å². The number of carbonyl (C=O) groups excluding carboxylic acids is 2. The van der Waals surface area contributed by atoms with E-state index in [4.69, 9.17) is 16.5 Å². The summed E-state index contributed by atoms with van der Waals surface area (Å²) in [7, 11) is 0. The molecule has 0 heterocycles. The molecule has 2 atom stereocenters. The van der Waals surface area contributed by atoms with Crippen molar-refractivity contribution in [1.82, 2.24) is 10.6 Å². The van der Waals surface area contributed by atoms with Crippen LogP contribution in [0.4, 0.5) is 0 Å². The molecule has 36 heavy (non-hydrogen) atoms. The molecular weight excluding hydrogens is 450 g/mol. The molecule has 1 unspecified atom stereocenters. The number of unbranched alkanes of at least 4 members (excludes halogenated alkanes) is 1. The Morgan fingerprint density at radius 2 is 1.61 bits per heavy atom. The van der Waals surface area contributed by atoms with E-state index in [2.05, 4.69) is 17.2 Å². The van der Waals surface area contributed by atoms with E-state index in [1.807, 2.05) is 69.3 Å². The third-order valence-electron chi connectivity index (χ3n) is 6.24. The summed E-state index contributed by atoms with van der Waals surface area (Å²) < 4.78 is 0. The van der Waals surface area contributed by atoms with E-state index >= 15 is 0 Å². The zero-order valence-electron chi connectivity index (χ0n) is 21.8. The van der Waals surface area contributed by atoms with Gasteiger partial charge in [-0.1, -0.05) is 55.1 Å². The second-order valence-corrected chi connectivity index (χ2v) is 9.23. The minimum Gasteiger partial charge on any atom is -0.346 e. The van der Waals surface area contributed by atoms with Gasteiger partial charge in [0.25, 0.3) is 0 Å². The third-order valence-corrected chi connectivity index (χ3v) is 6.24. The number of aryl methyl sites for hydroxylation is 2. The number of amides is 2. The van der Waals surface area contributed by atoms with E-state index in [9.17, 15) is 9.59 Å². The van der Waals surface area contributed by atoms with E-state index in [0.29, 0.717) is 25.8 Å². The highest BCUT2D eigenvalue weighted by Crippen LogP contribution is 2.16. The van der Waals surface area contributed by atoms with Gasteiger partial charge in [-0.15, -0.1) is 0 Å². The van der Waals surface area contributed by atoms with Gasteiger partial charge in [0, 0.05) is 24.3 Å². The molecule has 0 saturated heterocycles. The lowest BCUT2D eigenvalue weighted by atomic mass is 9.95. The van der Waals surface area contributed by atoms with Gasteiger partial charge in [0.05, 0.1) is 12.6 Å². The Labute approximate surface area is 215 Å². The lowest BCUT2D eigenvalue weighted by molar-refractivity contribution is -0.128. The number of benzene rings is 2. The number of nitrogens with zero attached hydrogens (tertiary/aromatic N) is 1. The topological polar surface area (TPSA) is 123 Å². The van der Waals surface area contributed by atoms with Crippen LogP contribution in [0.25, 0.3) is 0 Å². The van der Waals surface area contributed by atoms with Crippen LogP contribution in [0.1, 0.15) is 48.4 Å². The van der Waals surface area contributed by atoms with Crippen LogP contribution in [0.15, 0.2) is 65.8 Å². The lowest BCUT2D eigenvalue weighted by Crippen LogP contribution is -2.53. The lowest BCUT2D eigenvalue weighted by Gasteiger charge is -2.25. The average Bonchev–Trinajstić information content (AvgIpc) is 2.85. The highest BCUT2D eigenvalue weighted by atomic mass is 16.2. The van der Waals surface area contributed by atoms with Crippen molar-refractivity contribution in [1.29, 1.82) is 0 Å². The molecule has 2 amide bonds. The molecule has 0 aliphatic rings. The minimum atomic E-state index is -0.752. The molecule has 0 aliphatic heterocycles. The molecule has 0 aliphatic carbocycles. The molecule has 6 N–H and O–H groups in total. The number of allylic oxidation sites excluding steroid dienone is 1. The van der Waals surface area contributed by atoms with Crippen LogP contribution in [-0.4, -0.2) is 42.7 Å². The van der Waals surface area contributed by atoms with Crippen molar-refractivity contribution in [3.05, 3.63) is 83.1 Å². The molecule has 7 heteroatoms. The van der Waals surface area contributed by atoms with Gasteiger partial charge in [-0.05, 0) is 68.8 Å². The number of nitrogens with two attached hydrogens (primary N) is 2. The highest BCUT2D eigenvalue weighted by Gasteiger charge is 2.25. The van der Waals surface area contributed by atoms with Crippen molar-refractivity contribution in [2.45, 2.75) is 65.0 Å². The first-order valence-corrected chi connectivity index (χ1v) is 12.6. The van der Waals surface area contributed by atoms with E-state index in [1.54, 1.807) is 0 Å². The van der Waals surface area contributed by atoms with Crippen molar-refractivity contribution in [2.75, 3.05) is 13.1 Å². The Kier molecular flexibility index (Phi) is 12.0. The molecule has 0 spiro atoms. The monoisotopic (exact) mass is 491 g/mol. The standard InChI is InChI=1S/C29H41N5O2/c1-20-11-10-12-21(2)25(20)18-27(33-28(35)19-31)29(36)34-26(15-8-9-16-30)23(4)32-22(3)17-24-13-6-5-7-14-24/h5-7,10-14,26-27H,3,8-9,15-19,30-31H2,1-2,4H3,(H,33,35)(H,34,36)/t26?,27-/m0/s1. The van der Waals surface area contributed by atoms with Gasteiger partial charge >= 0.3 is 0 Å². The maximum atomic E-state index is 13.5. The van der Waals surface area contributed by atoms with Crippen LogP contribution >= 0.6 is 0 Å². The summed E-state index contributed by atoms with van der Waals surface area (Å²) in [6.07, 6.45) is 3.39. The second-order valence-electron chi connectivity index (χ2n) is 9.23. The van der Waals surface area contributed by atoms with Gasteiger partial charge < -0.3 is 22.1 Å². The number of aliphatic imine (C=N–C) groups is 1. The van der Waals surface area contributed by atoms with Gasteiger partial charge in [-0.2, -0.15) is 0 Å². The van der Waals surface area contributed by atoms with E-state index in [-0.39, 0.29) is 24.4 Å². The van der Waals surface area contributed by atoms with Gasteiger partial charge in [-0.3, -0.25) is 14.6 Å². The first-order chi connectivity index (χ1) is 17.2. The summed E-state index contributed by atoms with van der Waals surface area (Å²) in [4.78, 5) is 30.4. The fourth-order valence-electron chi connectivity index (χ4n) is 4.19. The number of nitrogens with one attached hydrogen (secondary N) is 2. The fraction of sp³-hybridized carbons (Fsp3) is 0.414. The molecular formula is C29H41N5O2. The van der Waals surface area contributed by atoms with E-state index < -0.39 is 6.04 Å². The Morgan fingerprint density at radius 1 is 0.944 bits per heavy atom. The van der Waals surface area contributed by atoms with E-state index in [1.165, 1.54) is 0 Å². The smallest absolute Gasteiger partial charge is 0.243 e. The molecule has 0 saturated carbocycles. The molecule has 2 aromatic carbocycles. The minimum absolute atomic E-state index is 0.184. The van der Waals surface area contributed by atoms with E-state index in [0.717, 1.165) is 46.5 Å². The van der Waals surface area contributed by atoms with Gasteiger partial charge in [0.2, 0.25) is 11.8 Å². The normalized spacial score (nSPS) is 13.1. The second kappa shape index (κ2) is 15.0. The van der Waals surface area contributed by atoms with Crippen LogP contribution in [0.5, 0.6) is 0 Å². The maximum absolute atomic E-state index is 13.5. The SMILES string of the molecule is C=C(Cc1ccccc1)N=C(C)C(CCCCN)NC(=O)[C@H](Cc1c(C)cccc1C)NC(=O)CN. The summed E-state index contributed by atoms with van der Waals surface area (Å²) in [6, 6.07) is 15.0. The van der Waals surface area contributed by atoms with Gasteiger partial charge in [0.1, 0.15) is 6.04 Å². The summed E-state index contributed by atoms with van der Waals surface area (Å²) in [5, 5.41) is 5.93. The summed E-state index contributed by atoms with van der Waals surface area (Å²) in [6.45, 7) is 10.4. The Hall–Kier alpha value is -3.29. The van der Waals surface area contributed by atoms with Crippen molar-refractivity contribution in [3.63, 3.8) is 0 Å². The molecule has 0 bridgehead atoms. The first-order valence-electron chi connectivity index (χ1n) is 12.6. The average molecular weight is 492 g/mol. The largest absolute Gasteiger partial charge is 0.346 e. The van der Waals surface area contributed by atoms with Crippen molar-refractivity contribution in [3.8, 4) is 0 Å². The highest BCUT2D eigenvalue weighted by molar-refractivity contribution is 5.94. The molecule has 2 aromatic rings. The third kappa shape index (κ3) is 9.40. The Balaban J connectivity index is 2.23. The summed E-state index contributed by atoms with van der Waals surface area (Å²) in [5.74, 6) is -0.636. The van der Waals surface area contributed by atoms with Crippen molar-refractivity contribution in [2.24, 2.45) is 16.5 Å². The Morgan fingerprint density at radius 3 is 2.22 bits per heavy atom. The number of hydrogen-bond donors (Lipinski definition) is 4. The van der Waals surface area contributed by atoms with Crippen LogP contribution in [0, 0.1) is 13.8 Å². The predicted octanol–water partition coefficient (Wildman–Crippen LogP) is 3.12. The zero-order valence-corrected chi connectivity index (χ0v) is 21.8. The first kappa shape index (κ1) is 28.9. The van der Waals surface area contributed by atoms with Gasteiger partial charge in [-0.25, -0.2) is 0 Å². The summed E-state index contributed by atoms with van der Waals surface area (Å²) >= 11 is 0. The summed E-state index contributed by atoms with van der Waals surface area (Å²) in [5.41, 5.74) is 17.0. The number of rotatable bonds is 14. The molecule has 7 nitrogen and oxygen atoms in total. The van der Waals surface area contributed by atoms with Crippen LogP contribution in [0.3, 0.4) is 0 Å². The van der Waals surface area contributed by atoms with Crippen LogP contribution < -0.4 is 22.1 Å².